The first-order chi connectivity index (χ1) is 14.2. The van der Waals surface area contributed by atoms with Crippen LogP contribution in [0.5, 0.6) is 11.5 Å². The van der Waals surface area contributed by atoms with Crippen molar-refractivity contribution >= 4 is 24.0 Å². The quantitative estimate of drug-likeness (QED) is 0.373. The van der Waals surface area contributed by atoms with Crippen LogP contribution in [0.15, 0.2) is 66.7 Å². The van der Waals surface area contributed by atoms with E-state index in [1.165, 1.54) is 6.07 Å². The molecule has 0 fully saturated rings. The molecule has 0 atom stereocenters. The molecule has 1 N–H and O–H groups in total. The molecule has 0 bridgehead atoms. The number of halogens is 3. The fraction of sp³-hybridized carbons (Fsp3) is 0.250. The summed E-state index contributed by atoms with van der Waals surface area (Å²) < 4.78 is 25.4. The highest BCUT2D eigenvalue weighted by Crippen LogP contribution is 2.30. The van der Waals surface area contributed by atoms with E-state index < -0.39 is 0 Å². The lowest BCUT2D eigenvalue weighted by Crippen LogP contribution is -2.17. The summed E-state index contributed by atoms with van der Waals surface area (Å²) in [5, 5.41) is 4.03. The van der Waals surface area contributed by atoms with E-state index in [9.17, 15) is 4.39 Å². The Morgan fingerprint density at radius 1 is 0.900 bits per heavy atom. The molecule has 30 heavy (non-hydrogen) atoms. The Labute approximate surface area is 188 Å². The van der Waals surface area contributed by atoms with Crippen LogP contribution in [0.1, 0.15) is 23.6 Å². The van der Waals surface area contributed by atoms with Gasteiger partial charge >= 0.3 is 0 Å². The van der Waals surface area contributed by atoms with Gasteiger partial charge < -0.3 is 14.8 Å². The van der Waals surface area contributed by atoms with Crippen molar-refractivity contribution in [3.63, 3.8) is 0 Å². The topological polar surface area (TPSA) is 30.5 Å². The molecule has 0 saturated heterocycles. The molecule has 0 aliphatic carbocycles. The fourth-order valence-corrected chi connectivity index (χ4v) is 3.17. The number of hydrogen-bond acceptors (Lipinski definition) is 3. The molecule has 3 nitrogen and oxygen atoms in total. The maximum Gasteiger partial charge on any atom is 0.161 e. The van der Waals surface area contributed by atoms with Gasteiger partial charge in [0.1, 0.15) is 12.4 Å². The minimum atomic E-state index is -0.159. The number of hydrogen-bond donors (Lipinski definition) is 1. The van der Waals surface area contributed by atoms with Crippen molar-refractivity contribution in [3.8, 4) is 11.5 Å². The minimum Gasteiger partial charge on any atom is -0.490 e. The largest absolute Gasteiger partial charge is 0.490 e. The van der Waals surface area contributed by atoms with Crippen molar-refractivity contribution in [1.82, 2.24) is 5.32 Å². The van der Waals surface area contributed by atoms with E-state index >= 15 is 0 Å². The zero-order valence-electron chi connectivity index (χ0n) is 16.9. The predicted molar refractivity (Wildman–Crippen MR) is 122 cm³/mol. The lowest BCUT2D eigenvalue weighted by Gasteiger charge is -2.14. The van der Waals surface area contributed by atoms with Crippen molar-refractivity contribution in [2.75, 3.05) is 13.2 Å². The highest BCUT2D eigenvalue weighted by molar-refractivity contribution is 6.31. The normalized spacial score (nSPS) is 10.4. The Hall–Kier alpha value is -2.27. The molecule has 0 aliphatic rings. The molecule has 0 radical (unpaired) electrons. The third-order valence-electron chi connectivity index (χ3n) is 4.51. The first-order valence-electron chi connectivity index (χ1n) is 9.73. The highest BCUT2D eigenvalue weighted by Gasteiger charge is 2.08. The predicted octanol–water partition coefficient (Wildman–Crippen LogP) is 6.21. The highest BCUT2D eigenvalue weighted by atomic mass is 35.5. The zero-order chi connectivity index (χ0) is 20.5. The van der Waals surface area contributed by atoms with Gasteiger partial charge in [0.15, 0.2) is 11.5 Å². The third kappa shape index (κ3) is 6.91. The Kier molecular flexibility index (Phi) is 9.95. The smallest absolute Gasteiger partial charge is 0.161 e. The van der Waals surface area contributed by atoms with E-state index in [1.54, 1.807) is 6.07 Å². The van der Waals surface area contributed by atoms with Crippen LogP contribution in [0.4, 0.5) is 4.39 Å². The van der Waals surface area contributed by atoms with Gasteiger partial charge in [-0.3, -0.25) is 0 Å². The molecule has 0 saturated carbocycles. The van der Waals surface area contributed by atoms with Gasteiger partial charge in [0.25, 0.3) is 0 Å². The van der Waals surface area contributed by atoms with Gasteiger partial charge in [-0.2, -0.15) is 0 Å². The Balaban J connectivity index is 0.00000320. The molecular weight excluding hydrogens is 424 g/mol. The molecule has 0 heterocycles. The molecule has 0 unspecified atom stereocenters. The maximum absolute atomic E-state index is 13.7. The Morgan fingerprint density at radius 2 is 1.63 bits per heavy atom. The van der Waals surface area contributed by atoms with Crippen molar-refractivity contribution in [2.45, 2.75) is 26.5 Å². The van der Waals surface area contributed by atoms with E-state index in [0.717, 1.165) is 16.7 Å². The number of benzene rings is 3. The lowest BCUT2D eigenvalue weighted by molar-refractivity contribution is 0.269. The molecule has 3 aromatic rings. The first kappa shape index (κ1) is 24.0. The summed E-state index contributed by atoms with van der Waals surface area (Å²) in [5.74, 6) is 1.22. The van der Waals surface area contributed by atoms with Crippen molar-refractivity contribution in [1.29, 1.82) is 0 Å². The van der Waals surface area contributed by atoms with Gasteiger partial charge in [-0.1, -0.05) is 54.1 Å². The van der Waals surface area contributed by atoms with Crippen LogP contribution in [0.2, 0.25) is 5.02 Å². The van der Waals surface area contributed by atoms with Gasteiger partial charge in [0.2, 0.25) is 0 Å². The van der Waals surface area contributed by atoms with E-state index in [-0.39, 0.29) is 18.2 Å². The number of rotatable bonds is 10. The molecule has 0 spiro atoms. The molecule has 3 aromatic carbocycles. The van der Waals surface area contributed by atoms with Crippen molar-refractivity contribution < 1.29 is 13.9 Å². The fourth-order valence-electron chi connectivity index (χ4n) is 2.98. The van der Waals surface area contributed by atoms with Crippen LogP contribution in [0, 0.1) is 5.82 Å². The minimum absolute atomic E-state index is 0. The average Bonchev–Trinajstić information content (AvgIpc) is 2.73. The van der Waals surface area contributed by atoms with Gasteiger partial charge in [-0.15, -0.1) is 12.4 Å². The molecule has 0 aliphatic heterocycles. The molecule has 6 heteroatoms. The monoisotopic (exact) mass is 449 g/mol. The second kappa shape index (κ2) is 12.4. The molecule has 3 rings (SSSR count). The summed E-state index contributed by atoms with van der Waals surface area (Å²) in [6, 6.07) is 20.4. The maximum atomic E-state index is 13.7. The van der Waals surface area contributed by atoms with Gasteiger partial charge in [0.05, 0.1) is 6.61 Å². The summed E-state index contributed by atoms with van der Waals surface area (Å²) in [6.07, 6.45) is 0.643. The summed E-state index contributed by atoms with van der Waals surface area (Å²) in [4.78, 5) is 0. The van der Waals surface area contributed by atoms with Gasteiger partial charge in [0, 0.05) is 17.1 Å². The number of ether oxygens (including phenoxy) is 2. The second-order valence-corrected chi connectivity index (χ2v) is 7.02. The molecule has 160 valence electrons. The Bertz CT molecular complexity index is 937. The van der Waals surface area contributed by atoms with Crippen LogP contribution in [-0.2, 0) is 19.6 Å². The third-order valence-corrected chi connectivity index (χ3v) is 4.88. The second-order valence-electron chi connectivity index (χ2n) is 6.61. The standard InChI is InChI=1S/C24H25ClFNO2.ClH/c1-2-28-24-15-18(16-27-14-13-19-7-4-6-10-22(19)26)11-12-23(24)29-17-20-8-3-5-9-21(20)25;/h3-12,15,27H,2,13-14,16-17H2,1H3;1H. The zero-order valence-corrected chi connectivity index (χ0v) is 18.4. The van der Waals surface area contributed by atoms with Crippen LogP contribution >= 0.6 is 24.0 Å². The summed E-state index contributed by atoms with van der Waals surface area (Å²) in [5.41, 5.74) is 2.72. The van der Waals surface area contributed by atoms with Crippen LogP contribution in [0.25, 0.3) is 0 Å². The van der Waals surface area contributed by atoms with Crippen LogP contribution in [0.3, 0.4) is 0 Å². The summed E-state index contributed by atoms with van der Waals surface area (Å²) >= 11 is 6.20. The van der Waals surface area contributed by atoms with Crippen molar-refractivity contribution in [3.05, 3.63) is 94.3 Å². The SMILES string of the molecule is CCOc1cc(CNCCc2ccccc2F)ccc1OCc1ccccc1Cl.Cl. The first-order valence-corrected chi connectivity index (χ1v) is 10.1. The van der Waals surface area contributed by atoms with Crippen molar-refractivity contribution in [2.24, 2.45) is 0 Å². The Morgan fingerprint density at radius 3 is 2.37 bits per heavy atom. The van der Waals surface area contributed by atoms with E-state index in [4.69, 9.17) is 21.1 Å². The summed E-state index contributed by atoms with van der Waals surface area (Å²) in [6.45, 7) is 4.22. The van der Waals surface area contributed by atoms with E-state index in [1.807, 2.05) is 61.5 Å². The number of nitrogens with one attached hydrogen (secondary N) is 1. The van der Waals surface area contributed by atoms with Crippen LogP contribution in [-0.4, -0.2) is 13.2 Å². The van der Waals surface area contributed by atoms with Crippen LogP contribution < -0.4 is 14.8 Å². The summed E-state index contributed by atoms with van der Waals surface area (Å²) in [7, 11) is 0. The average molecular weight is 450 g/mol. The van der Waals surface area contributed by atoms with Gasteiger partial charge in [-0.05, 0) is 55.3 Å². The molecule has 0 aromatic heterocycles. The van der Waals surface area contributed by atoms with E-state index in [0.29, 0.717) is 49.2 Å². The lowest BCUT2D eigenvalue weighted by atomic mass is 10.1. The molecular formula is C24H26Cl2FNO2. The molecule has 0 amide bonds. The van der Waals surface area contributed by atoms with E-state index in [2.05, 4.69) is 5.32 Å². The van der Waals surface area contributed by atoms with Gasteiger partial charge in [-0.25, -0.2) is 4.39 Å².